The minimum atomic E-state index is -1.07. The standard InChI is InChI=1S/C6H14Br2Si/c1-3-4-5-6-9(2,7)8/h3-6H2,1-2H3. The minimum Gasteiger partial charge on any atom is -0.111 e. The second kappa shape index (κ2) is 4.91. The van der Waals surface area contributed by atoms with Gasteiger partial charge in [0.05, 0.1) is 0 Å². The summed E-state index contributed by atoms with van der Waals surface area (Å²) in [5, 5.41) is -1.07. The smallest absolute Gasteiger partial charge is 0.111 e. The molecule has 0 heterocycles. The molecule has 0 aliphatic carbocycles. The first kappa shape index (κ1) is 10.2. The van der Waals surface area contributed by atoms with Crippen molar-refractivity contribution in [3.63, 3.8) is 0 Å². The lowest BCUT2D eigenvalue weighted by Gasteiger charge is -2.08. The molecule has 0 saturated carbocycles. The van der Waals surface area contributed by atoms with E-state index in [0.29, 0.717) is 0 Å². The molecule has 0 radical (unpaired) electrons. The maximum atomic E-state index is 3.66. The van der Waals surface area contributed by atoms with E-state index in [1.165, 1.54) is 25.3 Å². The molecular weight excluding hydrogens is 260 g/mol. The lowest BCUT2D eigenvalue weighted by atomic mass is 10.3. The fourth-order valence-electron chi connectivity index (χ4n) is 0.685. The quantitative estimate of drug-likeness (QED) is 0.412. The second-order valence-corrected chi connectivity index (χ2v) is 18.9. The highest BCUT2D eigenvalue weighted by atomic mass is 79.9. The Balaban J connectivity index is 3.07. The lowest BCUT2D eigenvalue weighted by molar-refractivity contribution is 0.768. The van der Waals surface area contributed by atoms with Crippen molar-refractivity contribution < 1.29 is 0 Å². The largest absolute Gasteiger partial charge is 0.198 e. The summed E-state index contributed by atoms with van der Waals surface area (Å²) in [6.07, 6.45) is 4.07. The molecule has 0 rings (SSSR count). The van der Waals surface area contributed by atoms with Gasteiger partial charge in [-0.15, -0.1) is 30.6 Å². The summed E-state index contributed by atoms with van der Waals surface area (Å²) in [6.45, 7) is 4.52. The van der Waals surface area contributed by atoms with Crippen LogP contribution in [0.2, 0.25) is 12.6 Å². The van der Waals surface area contributed by atoms with E-state index in [-0.39, 0.29) is 0 Å². The first-order chi connectivity index (χ1) is 4.06. The molecule has 0 atom stereocenters. The first-order valence-electron chi connectivity index (χ1n) is 3.44. The third kappa shape index (κ3) is 9.18. The van der Waals surface area contributed by atoms with Crippen molar-refractivity contribution in [3.8, 4) is 0 Å². The molecule has 0 spiro atoms. The van der Waals surface area contributed by atoms with Crippen LogP contribution < -0.4 is 0 Å². The summed E-state index contributed by atoms with van der Waals surface area (Å²) in [5.41, 5.74) is 0. The molecule has 0 bridgehead atoms. The summed E-state index contributed by atoms with van der Waals surface area (Å²) in [5.74, 6) is 0. The van der Waals surface area contributed by atoms with E-state index >= 15 is 0 Å². The molecule has 0 fully saturated rings. The average Bonchev–Trinajstić information content (AvgIpc) is 1.63. The second-order valence-electron chi connectivity index (χ2n) is 2.53. The third-order valence-electron chi connectivity index (χ3n) is 1.22. The van der Waals surface area contributed by atoms with Gasteiger partial charge in [-0.05, 0) is 6.04 Å². The van der Waals surface area contributed by atoms with Crippen LogP contribution in [-0.4, -0.2) is 5.31 Å². The van der Waals surface area contributed by atoms with Gasteiger partial charge in [0.2, 0.25) is 0 Å². The van der Waals surface area contributed by atoms with Crippen molar-refractivity contribution in [2.24, 2.45) is 0 Å². The van der Waals surface area contributed by atoms with Gasteiger partial charge in [0.15, 0.2) is 5.31 Å². The highest BCUT2D eigenvalue weighted by Crippen LogP contribution is 2.26. The number of halogens is 2. The molecule has 0 aliphatic heterocycles. The number of unbranched alkanes of at least 4 members (excludes halogenated alkanes) is 2. The summed E-state index contributed by atoms with van der Waals surface area (Å²) in [4.78, 5) is 0. The van der Waals surface area contributed by atoms with Gasteiger partial charge in [-0.25, -0.2) is 0 Å². The van der Waals surface area contributed by atoms with Crippen LogP contribution >= 0.6 is 30.6 Å². The van der Waals surface area contributed by atoms with Crippen LogP contribution in [0, 0.1) is 0 Å². The normalized spacial score (nSPS) is 12.0. The van der Waals surface area contributed by atoms with Crippen molar-refractivity contribution in [2.75, 3.05) is 0 Å². The Morgan fingerprint density at radius 2 is 1.78 bits per heavy atom. The van der Waals surface area contributed by atoms with E-state index in [1.54, 1.807) is 0 Å². The molecular formula is C6H14Br2Si. The van der Waals surface area contributed by atoms with Gasteiger partial charge in [0.25, 0.3) is 0 Å². The first-order valence-corrected chi connectivity index (χ1v) is 10.7. The number of hydrogen-bond donors (Lipinski definition) is 0. The molecule has 3 heteroatoms. The number of rotatable bonds is 4. The van der Waals surface area contributed by atoms with Crippen LogP contribution in [-0.2, 0) is 0 Å². The zero-order valence-corrected chi connectivity index (χ0v) is 10.3. The van der Waals surface area contributed by atoms with Gasteiger partial charge < -0.3 is 0 Å². The van der Waals surface area contributed by atoms with Gasteiger partial charge in [-0.3, -0.25) is 0 Å². The topological polar surface area (TPSA) is 0 Å². The van der Waals surface area contributed by atoms with Gasteiger partial charge in [0, 0.05) is 0 Å². The average molecular weight is 274 g/mol. The molecule has 0 N–H and O–H groups in total. The Kier molecular flexibility index (Phi) is 5.55. The van der Waals surface area contributed by atoms with E-state index < -0.39 is 5.31 Å². The highest BCUT2D eigenvalue weighted by molar-refractivity contribution is 9.51. The van der Waals surface area contributed by atoms with Crippen LogP contribution in [0.1, 0.15) is 26.2 Å². The fourth-order valence-corrected chi connectivity index (χ4v) is 3.24. The van der Waals surface area contributed by atoms with Crippen LogP contribution in [0.5, 0.6) is 0 Å². The molecule has 0 amide bonds. The van der Waals surface area contributed by atoms with Gasteiger partial charge >= 0.3 is 0 Å². The van der Waals surface area contributed by atoms with Crippen molar-refractivity contribution in [1.29, 1.82) is 0 Å². The maximum Gasteiger partial charge on any atom is 0.198 e. The van der Waals surface area contributed by atoms with Crippen molar-refractivity contribution in [3.05, 3.63) is 0 Å². The third-order valence-corrected chi connectivity index (χ3v) is 4.83. The summed E-state index contributed by atoms with van der Waals surface area (Å²) in [7, 11) is 0. The zero-order chi connectivity index (χ0) is 7.33. The molecule has 0 aliphatic rings. The van der Waals surface area contributed by atoms with E-state index in [4.69, 9.17) is 0 Å². The van der Waals surface area contributed by atoms with Crippen LogP contribution in [0.4, 0.5) is 0 Å². The van der Waals surface area contributed by atoms with Crippen LogP contribution in [0.15, 0.2) is 0 Å². The molecule has 0 aromatic heterocycles. The fraction of sp³-hybridized carbons (Fsp3) is 1.00. The van der Waals surface area contributed by atoms with Crippen molar-refractivity contribution in [2.45, 2.75) is 38.8 Å². The van der Waals surface area contributed by atoms with Crippen molar-refractivity contribution in [1.82, 2.24) is 0 Å². The molecule has 0 nitrogen and oxygen atoms in total. The monoisotopic (exact) mass is 272 g/mol. The van der Waals surface area contributed by atoms with Gasteiger partial charge in [-0.2, -0.15) is 0 Å². The van der Waals surface area contributed by atoms with E-state index in [9.17, 15) is 0 Å². The van der Waals surface area contributed by atoms with Gasteiger partial charge in [0.1, 0.15) is 0 Å². The predicted octanol–water partition coefficient (Wildman–Crippen LogP) is 4.04. The molecule has 0 unspecified atom stereocenters. The Bertz CT molecular complexity index is 67.9. The number of hydrogen-bond acceptors (Lipinski definition) is 0. The minimum absolute atomic E-state index is 1.07. The molecule has 0 aromatic rings. The summed E-state index contributed by atoms with van der Waals surface area (Å²) >= 11 is 7.33. The SMILES string of the molecule is CCCCC[Si](C)(Br)Br. The predicted molar refractivity (Wildman–Crippen MR) is 53.8 cm³/mol. The molecule has 0 saturated heterocycles. The zero-order valence-electron chi connectivity index (χ0n) is 6.08. The molecule has 9 heavy (non-hydrogen) atoms. The Hall–Kier alpha value is 1.18. The van der Waals surface area contributed by atoms with E-state index in [1.807, 2.05) is 0 Å². The maximum absolute atomic E-state index is 3.66. The summed E-state index contributed by atoms with van der Waals surface area (Å²) in [6, 6.07) is 1.35. The molecule has 0 aromatic carbocycles. The molecule has 56 valence electrons. The van der Waals surface area contributed by atoms with Crippen LogP contribution in [0.25, 0.3) is 0 Å². The van der Waals surface area contributed by atoms with Crippen LogP contribution in [0.3, 0.4) is 0 Å². The Morgan fingerprint density at radius 3 is 2.11 bits per heavy atom. The Labute approximate surface area is 74.6 Å². The Morgan fingerprint density at radius 1 is 1.22 bits per heavy atom. The van der Waals surface area contributed by atoms with Gasteiger partial charge in [-0.1, -0.05) is 32.7 Å². The summed E-state index contributed by atoms with van der Waals surface area (Å²) < 4.78 is 0. The van der Waals surface area contributed by atoms with E-state index in [0.717, 1.165) is 0 Å². The van der Waals surface area contributed by atoms with E-state index in [2.05, 4.69) is 44.1 Å². The lowest BCUT2D eigenvalue weighted by Crippen LogP contribution is -2.09. The van der Waals surface area contributed by atoms with Crippen molar-refractivity contribution >= 4 is 35.9 Å². The highest BCUT2D eigenvalue weighted by Gasteiger charge is 2.17.